The predicted octanol–water partition coefficient (Wildman–Crippen LogP) is 5.12. The third-order valence-electron chi connectivity index (χ3n) is 6.36. The van der Waals surface area contributed by atoms with Gasteiger partial charge >= 0.3 is 5.97 Å². The van der Waals surface area contributed by atoms with Crippen LogP contribution in [-0.4, -0.2) is 24.3 Å². The van der Waals surface area contributed by atoms with Crippen LogP contribution >= 0.6 is 0 Å². The van der Waals surface area contributed by atoms with Crippen LogP contribution in [-0.2, 0) is 25.7 Å². The highest BCUT2D eigenvalue weighted by molar-refractivity contribution is 5.86. The Bertz CT molecular complexity index is 1210. The van der Waals surface area contributed by atoms with Gasteiger partial charge in [0, 0.05) is 19.4 Å². The third kappa shape index (κ3) is 7.90. The van der Waals surface area contributed by atoms with Gasteiger partial charge in [-0.3, -0.25) is 14.4 Å². The van der Waals surface area contributed by atoms with Crippen LogP contribution in [0.25, 0.3) is 11.1 Å². The van der Waals surface area contributed by atoms with Gasteiger partial charge in [0.25, 0.3) is 0 Å². The fourth-order valence-electron chi connectivity index (χ4n) is 4.26. The second kappa shape index (κ2) is 13.2. The lowest BCUT2D eigenvalue weighted by Crippen LogP contribution is -2.37. The van der Waals surface area contributed by atoms with E-state index >= 15 is 0 Å². The molecule has 0 saturated heterocycles. The Hall–Kier alpha value is -4.19. The largest absolute Gasteiger partial charge is 0.456 e. The number of benzene rings is 3. The van der Waals surface area contributed by atoms with E-state index in [-0.39, 0.29) is 37.2 Å². The first kappa shape index (κ1) is 25.9. The SMILES string of the molecule is O=C(C[C@@H]1CC=CCCC(=O)O[C@H](c2ccccc2)CNC1=O)NCc1ccc(-c2ccccc2)cc1. The highest BCUT2D eigenvalue weighted by Gasteiger charge is 2.24. The molecule has 37 heavy (non-hydrogen) atoms. The van der Waals surface area contributed by atoms with Crippen LogP contribution in [0.15, 0.2) is 97.1 Å². The second-order valence-electron chi connectivity index (χ2n) is 9.12. The van der Waals surface area contributed by atoms with Crippen molar-refractivity contribution in [2.75, 3.05) is 6.54 Å². The lowest BCUT2D eigenvalue weighted by Gasteiger charge is -2.21. The monoisotopic (exact) mass is 496 g/mol. The molecule has 1 heterocycles. The molecular weight excluding hydrogens is 464 g/mol. The Kier molecular flexibility index (Phi) is 9.24. The number of nitrogens with one attached hydrogen (secondary N) is 2. The van der Waals surface area contributed by atoms with Gasteiger partial charge in [0.2, 0.25) is 11.8 Å². The number of hydrogen-bond acceptors (Lipinski definition) is 4. The van der Waals surface area contributed by atoms with E-state index < -0.39 is 12.0 Å². The number of allylic oxidation sites excluding steroid dienone is 2. The molecular formula is C31H32N2O4. The van der Waals surface area contributed by atoms with Gasteiger partial charge in [0.15, 0.2) is 0 Å². The molecule has 0 aromatic heterocycles. The molecule has 6 heteroatoms. The lowest BCUT2D eigenvalue weighted by atomic mass is 9.98. The molecule has 0 unspecified atom stereocenters. The van der Waals surface area contributed by atoms with Crippen LogP contribution in [0.1, 0.15) is 42.9 Å². The number of amides is 2. The average Bonchev–Trinajstić information content (AvgIpc) is 2.93. The van der Waals surface area contributed by atoms with E-state index in [0.717, 1.165) is 22.3 Å². The van der Waals surface area contributed by atoms with Crippen LogP contribution in [0.3, 0.4) is 0 Å². The van der Waals surface area contributed by atoms with E-state index in [0.29, 0.717) is 19.4 Å². The summed E-state index contributed by atoms with van der Waals surface area (Å²) in [5.74, 6) is -1.23. The first-order valence-electron chi connectivity index (χ1n) is 12.7. The normalized spacial score (nSPS) is 18.6. The first-order chi connectivity index (χ1) is 18.1. The molecule has 3 aromatic carbocycles. The molecule has 0 bridgehead atoms. The van der Waals surface area contributed by atoms with Crippen molar-refractivity contribution in [3.63, 3.8) is 0 Å². The lowest BCUT2D eigenvalue weighted by molar-refractivity contribution is -0.150. The first-order valence-corrected chi connectivity index (χ1v) is 12.7. The number of carbonyl (C=O) groups is 3. The van der Waals surface area contributed by atoms with Crippen molar-refractivity contribution in [3.05, 3.63) is 108 Å². The van der Waals surface area contributed by atoms with E-state index in [2.05, 4.69) is 22.8 Å². The summed E-state index contributed by atoms with van der Waals surface area (Å²) in [5, 5.41) is 5.83. The van der Waals surface area contributed by atoms with Crippen molar-refractivity contribution < 1.29 is 19.1 Å². The zero-order valence-corrected chi connectivity index (χ0v) is 20.8. The topological polar surface area (TPSA) is 84.5 Å². The molecule has 0 saturated carbocycles. The summed E-state index contributed by atoms with van der Waals surface area (Å²) < 4.78 is 5.63. The molecule has 1 aliphatic heterocycles. The maximum Gasteiger partial charge on any atom is 0.306 e. The summed E-state index contributed by atoms with van der Waals surface area (Å²) in [6.45, 7) is 0.550. The summed E-state index contributed by atoms with van der Waals surface area (Å²) in [6.07, 6.45) is 4.46. The molecule has 3 aromatic rings. The number of cyclic esters (lactones) is 1. The molecule has 2 N–H and O–H groups in total. The maximum absolute atomic E-state index is 13.0. The Morgan fingerprint density at radius 3 is 2.27 bits per heavy atom. The Balaban J connectivity index is 1.34. The number of carbonyl (C=O) groups excluding carboxylic acids is 3. The Morgan fingerprint density at radius 1 is 0.865 bits per heavy atom. The van der Waals surface area contributed by atoms with Gasteiger partial charge in [0.1, 0.15) is 6.10 Å². The van der Waals surface area contributed by atoms with E-state index in [1.807, 2.05) is 84.9 Å². The van der Waals surface area contributed by atoms with Gasteiger partial charge in [-0.05, 0) is 35.1 Å². The molecule has 2 atom stereocenters. The second-order valence-corrected chi connectivity index (χ2v) is 9.12. The summed E-state index contributed by atoms with van der Waals surface area (Å²) in [4.78, 5) is 38.0. The van der Waals surface area contributed by atoms with Crippen LogP contribution in [0.2, 0.25) is 0 Å². The van der Waals surface area contributed by atoms with Crippen molar-refractivity contribution in [1.29, 1.82) is 0 Å². The predicted molar refractivity (Wildman–Crippen MR) is 143 cm³/mol. The molecule has 0 radical (unpaired) electrons. The number of ether oxygens (including phenoxy) is 1. The number of hydrogen-bond donors (Lipinski definition) is 2. The van der Waals surface area contributed by atoms with Crippen LogP contribution < -0.4 is 10.6 Å². The van der Waals surface area contributed by atoms with Crippen LogP contribution in [0.4, 0.5) is 0 Å². The zero-order chi connectivity index (χ0) is 25.9. The molecule has 0 aliphatic carbocycles. The van der Waals surface area contributed by atoms with Gasteiger partial charge in [-0.2, -0.15) is 0 Å². The minimum Gasteiger partial charge on any atom is -0.456 e. The van der Waals surface area contributed by atoms with Crippen LogP contribution in [0, 0.1) is 5.92 Å². The molecule has 1 aliphatic rings. The maximum atomic E-state index is 13.0. The third-order valence-corrected chi connectivity index (χ3v) is 6.36. The molecule has 2 amide bonds. The van der Waals surface area contributed by atoms with Crippen LogP contribution in [0.5, 0.6) is 0 Å². The fraction of sp³-hybridized carbons (Fsp3) is 0.258. The minimum absolute atomic E-state index is 0.0774. The van der Waals surface area contributed by atoms with Gasteiger partial charge in [-0.1, -0.05) is 97.1 Å². The van der Waals surface area contributed by atoms with E-state index in [1.165, 1.54) is 0 Å². The quantitative estimate of drug-likeness (QED) is 0.367. The van der Waals surface area contributed by atoms with Gasteiger partial charge < -0.3 is 15.4 Å². The fourth-order valence-corrected chi connectivity index (χ4v) is 4.26. The highest BCUT2D eigenvalue weighted by Crippen LogP contribution is 2.21. The molecule has 0 spiro atoms. The highest BCUT2D eigenvalue weighted by atomic mass is 16.5. The summed E-state index contributed by atoms with van der Waals surface area (Å²) >= 11 is 0. The van der Waals surface area contributed by atoms with Gasteiger partial charge in [0.05, 0.1) is 12.5 Å². The molecule has 0 fully saturated rings. The Morgan fingerprint density at radius 2 is 1.54 bits per heavy atom. The Labute approximate surface area is 217 Å². The summed E-state index contributed by atoms with van der Waals surface area (Å²) in [6, 6.07) is 27.6. The molecule has 4 rings (SSSR count). The molecule has 6 nitrogen and oxygen atoms in total. The van der Waals surface area contributed by atoms with Gasteiger partial charge in [-0.15, -0.1) is 0 Å². The van der Waals surface area contributed by atoms with Crippen molar-refractivity contribution in [2.45, 2.75) is 38.3 Å². The number of rotatable bonds is 6. The standard InChI is InChI=1S/C31H32N2O4/c34-29(32-21-23-16-18-25(19-17-23)24-10-4-1-5-11-24)20-27-14-8-3-9-15-30(35)37-28(22-33-31(27)36)26-12-6-2-7-13-26/h1-8,10-13,16-19,27-28H,9,14-15,20-22H2,(H,32,34)(H,33,36)/t27-,28-/m0/s1. The van der Waals surface area contributed by atoms with Crippen molar-refractivity contribution in [2.24, 2.45) is 5.92 Å². The van der Waals surface area contributed by atoms with Gasteiger partial charge in [-0.25, -0.2) is 0 Å². The zero-order valence-electron chi connectivity index (χ0n) is 20.8. The summed E-state index contributed by atoms with van der Waals surface area (Å²) in [5.41, 5.74) is 4.07. The average molecular weight is 497 g/mol. The van der Waals surface area contributed by atoms with Crippen molar-refractivity contribution in [1.82, 2.24) is 10.6 Å². The van der Waals surface area contributed by atoms with E-state index in [9.17, 15) is 14.4 Å². The smallest absolute Gasteiger partial charge is 0.306 e. The van der Waals surface area contributed by atoms with Crippen molar-refractivity contribution >= 4 is 17.8 Å². The summed E-state index contributed by atoms with van der Waals surface area (Å²) in [7, 11) is 0. The minimum atomic E-state index is -0.575. The number of esters is 1. The molecule has 190 valence electrons. The van der Waals surface area contributed by atoms with E-state index in [1.54, 1.807) is 0 Å². The van der Waals surface area contributed by atoms with E-state index in [4.69, 9.17) is 4.74 Å². The van der Waals surface area contributed by atoms with Crippen molar-refractivity contribution in [3.8, 4) is 11.1 Å².